The van der Waals surface area contributed by atoms with Crippen molar-refractivity contribution < 1.29 is 9.53 Å². The minimum atomic E-state index is -0.0531. The van der Waals surface area contributed by atoms with Crippen molar-refractivity contribution in [3.05, 3.63) is 71.8 Å². The zero-order chi connectivity index (χ0) is 22.3. The van der Waals surface area contributed by atoms with Crippen molar-refractivity contribution in [2.45, 2.75) is 33.1 Å². The lowest BCUT2D eigenvalue weighted by Crippen LogP contribution is -2.25. The van der Waals surface area contributed by atoms with E-state index in [-0.39, 0.29) is 5.91 Å². The molecule has 0 aliphatic carbocycles. The van der Waals surface area contributed by atoms with E-state index in [1.165, 1.54) is 12.8 Å². The van der Waals surface area contributed by atoms with Crippen LogP contribution in [0.2, 0.25) is 0 Å². The Hall–Kier alpha value is -3.25. The Morgan fingerprint density at radius 2 is 1.75 bits per heavy atom. The van der Waals surface area contributed by atoms with Crippen LogP contribution in [0.3, 0.4) is 0 Å². The van der Waals surface area contributed by atoms with Crippen LogP contribution in [0.4, 0.5) is 5.69 Å². The predicted octanol–water partition coefficient (Wildman–Crippen LogP) is 4.42. The van der Waals surface area contributed by atoms with Gasteiger partial charge in [0.05, 0.1) is 6.42 Å². The monoisotopic (exact) mass is 430 g/mol. The van der Waals surface area contributed by atoms with Gasteiger partial charge in [-0.3, -0.25) is 9.69 Å². The molecule has 1 aromatic heterocycles. The average molecular weight is 431 g/mol. The number of aryl methyl sites for hydroxylation is 2. The molecule has 1 N–H and O–H groups in total. The number of amides is 1. The molecule has 166 valence electrons. The summed E-state index contributed by atoms with van der Waals surface area (Å²) in [5.41, 5.74) is 5.33. The quantitative estimate of drug-likeness (QED) is 0.573. The molecule has 6 nitrogen and oxygen atoms in total. The number of benzene rings is 2. The van der Waals surface area contributed by atoms with Crippen LogP contribution in [0.5, 0.6) is 5.75 Å². The van der Waals surface area contributed by atoms with Crippen LogP contribution in [0.1, 0.15) is 29.8 Å². The summed E-state index contributed by atoms with van der Waals surface area (Å²) in [6.45, 7) is 7.77. The molecule has 0 radical (unpaired) electrons. The number of rotatable bonds is 8. The predicted molar refractivity (Wildman–Crippen MR) is 127 cm³/mol. The maximum atomic E-state index is 12.6. The largest absolute Gasteiger partial charge is 0.492 e. The van der Waals surface area contributed by atoms with E-state index in [1.807, 2.05) is 62.4 Å². The Bertz CT molecular complexity index is 1040. The molecule has 6 heteroatoms. The highest BCUT2D eigenvalue weighted by molar-refractivity contribution is 5.93. The number of likely N-dealkylation sites (tertiary alicyclic amines) is 1. The number of nitrogens with zero attached hydrogens (tertiary/aromatic N) is 3. The molecule has 0 saturated carbocycles. The van der Waals surface area contributed by atoms with Crippen LogP contribution in [0.25, 0.3) is 11.1 Å². The molecular formula is C26H30N4O2. The molecule has 1 saturated heterocycles. The van der Waals surface area contributed by atoms with Crippen molar-refractivity contribution in [3.8, 4) is 16.9 Å². The van der Waals surface area contributed by atoms with Gasteiger partial charge in [0, 0.05) is 34.7 Å². The first kappa shape index (κ1) is 22.0. The van der Waals surface area contributed by atoms with Gasteiger partial charge in [0.2, 0.25) is 5.91 Å². The van der Waals surface area contributed by atoms with Gasteiger partial charge in [-0.05, 0) is 63.5 Å². The zero-order valence-corrected chi connectivity index (χ0v) is 18.8. The maximum Gasteiger partial charge on any atom is 0.228 e. The standard InChI is InChI=1S/C26H30N4O2/c1-19-26(20(2)28-18-27-19)23-17-22(29-25(31)16-21-8-4-3-5-9-21)10-11-24(23)32-15-14-30-12-6-7-13-30/h3-5,8-11,17-18H,6-7,12-16H2,1-2H3,(H,29,31). The molecule has 4 rings (SSSR count). The summed E-state index contributed by atoms with van der Waals surface area (Å²) in [7, 11) is 0. The third-order valence-electron chi connectivity index (χ3n) is 5.83. The molecule has 1 amide bonds. The first-order chi connectivity index (χ1) is 15.6. The molecule has 0 atom stereocenters. The highest BCUT2D eigenvalue weighted by atomic mass is 16.5. The molecular weight excluding hydrogens is 400 g/mol. The smallest absolute Gasteiger partial charge is 0.228 e. The van der Waals surface area contributed by atoms with E-state index in [9.17, 15) is 4.79 Å². The van der Waals surface area contributed by atoms with Crippen molar-refractivity contribution >= 4 is 11.6 Å². The van der Waals surface area contributed by atoms with Gasteiger partial charge < -0.3 is 10.1 Å². The van der Waals surface area contributed by atoms with Crippen LogP contribution >= 0.6 is 0 Å². The third kappa shape index (κ3) is 5.51. The Morgan fingerprint density at radius 1 is 1.03 bits per heavy atom. The molecule has 0 spiro atoms. The first-order valence-electron chi connectivity index (χ1n) is 11.2. The second-order valence-electron chi connectivity index (χ2n) is 8.24. The number of nitrogens with one attached hydrogen (secondary N) is 1. The molecule has 2 heterocycles. The van der Waals surface area contributed by atoms with E-state index >= 15 is 0 Å². The van der Waals surface area contributed by atoms with Crippen LogP contribution < -0.4 is 10.1 Å². The van der Waals surface area contributed by atoms with Gasteiger partial charge in [-0.1, -0.05) is 30.3 Å². The van der Waals surface area contributed by atoms with Gasteiger partial charge in [0.25, 0.3) is 0 Å². The normalized spacial score (nSPS) is 13.8. The Kier molecular flexibility index (Phi) is 7.12. The maximum absolute atomic E-state index is 12.6. The highest BCUT2D eigenvalue weighted by Gasteiger charge is 2.16. The van der Waals surface area contributed by atoms with E-state index in [2.05, 4.69) is 20.2 Å². The van der Waals surface area contributed by atoms with Gasteiger partial charge in [0.1, 0.15) is 18.7 Å². The molecule has 1 aliphatic rings. The molecule has 32 heavy (non-hydrogen) atoms. The van der Waals surface area contributed by atoms with Gasteiger partial charge in [-0.15, -0.1) is 0 Å². The fourth-order valence-electron chi connectivity index (χ4n) is 4.19. The number of carbonyl (C=O) groups excluding carboxylic acids is 1. The van der Waals surface area contributed by atoms with E-state index in [1.54, 1.807) is 6.33 Å². The van der Waals surface area contributed by atoms with Crippen molar-refractivity contribution in [1.29, 1.82) is 0 Å². The number of ether oxygens (including phenoxy) is 1. The molecule has 1 fully saturated rings. The van der Waals surface area contributed by atoms with Gasteiger partial charge >= 0.3 is 0 Å². The molecule has 0 bridgehead atoms. The van der Waals surface area contributed by atoms with Gasteiger partial charge in [0.15, 0.2) is 0 Å². The molecule has 2 aromatic carbocycles. The van der Waals surface area contributed by atoms with Crippen LogP contribution in [0.15, 0.2) is 54.9 Å². The number of anilines is 1. The minimum Gasteiger partial charge on any atom is -0.492 e. The van der Waals surface area contributed by atoms with Crippen molar-refractivity contribution in [2.75, 3.05) is 31.6 Å². The van der Waals surface area contributed by atoms with Crippen LogP contribution in [-0.2, 0) is 11.2 Å². The second-order valence-corrected chi connectivity index (χ2v) is 8.24. The first-order valence-corrected chi connectivity index (χ1v) is 11.2. The second kappa shape index (κ2) is 10.4. The summed E-state index contributed by atoms with van der Waals surface area (Å²) in [6, 6.07) is 15.5. The van der Waals surface area contributed by atoms with Crippen LogP contribution in [0, 0.1) is 13.8 Å². The summed E-state index contributed by atoms with van der Waals surface area (Å²) in [4.78, 5) is 23.8. The topological polar surface area (TPSA) is 67.3 Å². The Labute approximate surface area is 189 Å². The Balaban J connectivity index is 1.55. The fourth-order valence-corrected chi connectivity index (χ4v) is 4.19. The Morgan fingerprint density at radius 3 is 2.47 bits per heavy atom. The SMILES string of the molecule is Cc1ncnc(C)c1-c1cc(NC(=O)Cc2ccccc2)ccc1OCCN1CCCC1. The van der Waals surface area contributed by atoms with Crippen molar-refractivity contribution in [1.82, 2.24) is 14.9 Å². The number of carbonyl (C=O) groups is 1. The molecule has 3 aromatic rings. The van der Waals surface area contributed by atoms with Gasteiger partial charge in [-0.25, -0.2) is 9.97 Å². The summed E-state index contributed by atoms with van der Waals surface area (Å²) in [6.07, 6.45) is 4.44. The van der Waals surface area contributed by atoms with Crippen molar-refractivity contribution in [3.63, 3.8) is 0 Å². The van der Waals surface area contributed by atoms with Gasteiger partial charge in [-0.2, -0.15) is 0 Å². The summed E-state index contributed by atoms with van der Waals surface area (Å²) >= 11 is 0. The van der Waals surface area contributed by atoms with E-state index in [4.69, 9.17) is 4.74 Å². The number of hydrogen-bond donors (Lipinski definition) is 1. The molecule has 0 unspecified atom stereocenters. The van der Waals surface area contributed by atoms with Crippen molar-refractivity contribution in [2.24, 2.45) is 0 Å². The minimum absolute atomic E-state index is 0.0531. The number of aromatic nitrogens is 2. The lowest BCUT2D eigenvalue weighted by Gasteiger charge is -2.18. The number of hydrogen-bond acceptors (Lipinski definition) is 5. The summed E-state index contributed by atoms with van der Waals surface area (Å²) in [5.74, 6) is 0.730. The highest BCUT2D eigenvalue weighted by Crippen LogP contribution is 2.35. The van der Waals surface area contributed by atoms with E-state index in [0.29, 0.717) is 13.0 Å². The fraction of sp³-hybridized carbons (Fsp3) is 0.346. The average Bonchev–Trinajstić information content (AvgIpc) is 3.29. The lowest BCUT2D eigenvalue weighted by atomic mass is 10.0. The lowest BCUT2D eigenvalue weighted by molar-refractivity contribution is -0.115. The van der Waals surface area contributed by atoms with E-state index in [0.717, 1.165) is 59.1 Å². The summed E-state index contributed by atoms with van der Waals surface area (Å²) in [5, 5.41) is 3.02. The summed E-state index contributed by atoms with van der Waals surface area (Å²) < 4.78 is 6.21. The van der Waals surface area contributed by atoms with E-state index < -0.39 is 0 Å². The third-order valence-corrected chi connectivity index (χ3v) is 5.83. The molecule has 1 aliphatic heterocycles. The van der Waals surface area contributed by atoms with Crippen LogP contribution in [-0.4, -0.2) is 47.0 Å². The zero-order valence-electron chi connectivity index (χ0n) is 18.8.